The number of rotatable bonds is 2. The number of hydrogen-bond acceptors (Lipinski definition) is 3. The second kappa shape index (κ2) is 7.13. The van der Waals surface area contributed by atoms with Gasteiger partial charge in [-0.1, -0.05) is 30.3 Å². The monoisotopic (exact) mass is 440 g/mol. The normalized spacial score (nSPS) is 12.1. The van der Waals surface area contributed by atoms with Crippen LogP contribution in [-0.4, -0.2) is 19.5 Å². The zero-order valence-electron chi connectivity index (χ0n) is 17.1. The van der Waals surface area contributed by atoms with Crippen LogP contribution in [0.2, 0.25) is 0 Å². The SMILES string of the molecule is FC(F)(F)c1ccc(-n2c(-c3ccccc3)nc3c4cccnc4c4ncccc4c32)cc1. The van der Waals surface area contributed by atoms with Crippen molar-refractivity contribution >= 4 is 32.8 Å². The number of benzene rings is 3. The van der Waals surface area contributed by atoms with E-state index >= 15 is 0 Å². The molecule has 0 saturated heterocycles. The summed E-state index contributed by atoms with van der Waals surface area (Å²) >= 11 is 0. The first-order valence-corrected chi connectivity index (χ1v) is 10.3. The van der Waals surface area contributed by atoms with Crippen molar-refractivity contribution in [1.29, 1.82) is 0 Å². The molecule has 6 rings (SSSR count). The van der Waals surface area contributed by atoms with Crippen LogP contribution in [0, 0.1) is 0 Å². The lowest BCUT2D eigenvalue weighted by Crippen LogP contribution is -2.05. The van der Waals surface area contributed by atoms with E-state index in [9.17, 15) is 13.2 Å². The average molecular weight is 440 g/mol. The zero-order chi connectivity index (χ0) is 22.6. The Hall–Kier alpha value is -4.26. The van der Waals surface area contributed by atoms with Crippen molar-refractivity contribution in [2.24, 2.45) is 0 Å². The van der Waals surface area contributed by atoms with Gasteiger partial charge in [-0.2, -0.15) is 13.2 Å². The number of imidazole rings is 1. The third kappa shape index (κ3) is 3.04. The van der Waals surface area contributed by atoms with Gasteiger partial charge in [0.2, 0.25) is 0 Å². The first kappa shape index (κ1) is 19.4. The predicted octanol–water partition coefficient (Wildman–Crippen LogP) is 6.81. The molecule has 0 saturated carbocycles. The Balaban J connectivity index is 1.78. The average Bonchev–Trinajstić information content (AvgIpc) is 3.25. The number of pyridine rings is 2. The molecular weight excluding hydrogens is 425 g/mol. The number of aromatic nitrogens is 4. The molecule has 0 aliphatic carbocycles. The lowest BCUT2D eigenvalue weighted by Gasteiger charge is -2.13. The summed E-state index contributed by atoms with van der Waals surface area (Å²) in [7, 11) is 0. The van der Waals surface area contributed by atoms with E-state index in [1.165, 1.54) is 12.1 Å². The van der Waals surface area contributed by atoms with Gasteiger partial charge in [-0.05, 0) is 48.5 Å². The zero-order valence-corrected chi connectivity index (χ0v) is 17.1. The maximum Gasteiger partial charge on any atom is 0.416 e. The van der Waals surface area contributed by atoms with Crippen molar-refractivity contribution in [3.8, 4) is 17.1 Å². The molecule has 0 unspecified atom stereocenters. The van der Waals surface area contributed by atoms with E-state index in [4.69, 9.17) is 4.98 Å². The predicted molar refractivity (Wildman–Crippen MR) is 122 cm³/mol. The Morgan fingerprint density at radius 2 is 1.27 bits per heavy atom. The fourth-order valence-electron chi connectivity index (χ4n) is 4.26. The first-order valence-electron chi connectivity index (χ1n) is 10.3. The van der Waals surface area contributed by atoms with Crippen LogP contribution < -0.4 is 0 Å². The van der Waals surface area contributed by atoms with Crippen LogP contribution in [0.25, 0.3) is 49.9 Å². The molecule has 0 amide bonds. The van der Waals surface area contributed by atoms with Crippen molar-refractivity contribution < 1.29 is 13.2 Å². The standard InChI is InChI=1S/C26H15F3N4/c27-26(28,29)17-10-12-18(13-11-17)33-24-20-9-5-15-31-22(20)21-19(8-4-14-30-21)23(24)32-25(33)16-6-2-1-3-7-16/h1-15H. The maximum absolute atomic E-state index is 13.2. The van der Waals surface area contributed by atoms with Crippen molar-refractivity contribution in [1.82, 2.24) is 19.5 Å². The lowest BCUT2D eigenvalue weighted by atomic mass is 10.1. The smallest absolute Gasteiger partial charge is 0.292 e. The molecule has 3 heterocycles. The Labute approximate surface area is 186 Å². The Morgan fingerprint density at radius 3 is 1.94 bits per heavy atom. The summed E-state index contributed by atoms with van der Waals surface area (Å²) in [5.74, 6) is 0.631. The number of halogens is 3. The summed E-state index contributed by atoms with van der Waals surface area (Å²) in [6, 6.07) is 22.3. The number of fused-ring (bicyclic) bond motifs is 6. The van der Waals surface area contributed by atoms with Crippen LogP contribution in [0.15, 0.2) is 91.3 Å². The molecular formula is C26H15F3N4. The van der Waals surface area contributed by atoms with E-state index in [2.05, 4.69) is 9.97 Å². The topological polar surface area (TPSA) is 43.6 Å². The van der Waals surface area contributed by atoms with Crippen LogP contribution in [-0.2, 0) is 6.18 Å². The van der Waals surface area contributed by atoms with Gasteiger partial charge < -0.3 is 0 Å². The molecule has 0 atom stereocenters. The van der Waals surface area contributed by atoms with Gasteiger partial charge in [-0.3, -0.25) is 14.5 Å². The first-order chi connectivity index (χ1) is 16.0. The van der Waals surface area contributed by atoms with Gasteiger partial charge in [0.1, 0.15) is 5.82 Å². The van der Waals surface area contributed by atoms with Gasteiger partial charge in [0.25, 0.3) is 0 Å². The summed E-state index contributed by atoms with van der Waals surface area (Å²) < 4.78 is 41.5. The largest absolute Gasteiger partial charge is 0.416 e. The fourth-order valence-corrected chi connectivity index (χ4v) is 4.26. The van der Waals surface area contributed by atoms with E-state index in [0.717, 1.165) is 45.0 Å². The highest BCUT2D eigenvalue weighted by molar-refractivity contribution is 6.21. The molecule has 4 nitrogen and oxygen atoms in total. The Bertz CT molecular complexity index is 1640. The molecule has 160 valence electrons. The van der Waals surface area contributed by atoms with Gasteiger partial charge in [0.15, 0.2) is 0 Å². The molecule has 3 aromatic carbocycles. The summed E-state index contributed by atoms with van der Waals surface area (Å²) in [4.78, 5) is 14.1. The molecule has 0 aliphatic rings. The molecule has 0 N–H and O–H groups in total. The van der Waals surface area contributed by atoms with Gasteiger partial charge in [0.05, 0.1) is 27.6 Å². The molecule has 0 aliphatic heterocycles. The van der Waals surface area contributed by atoms with E-state index in [1.54, 1.807) is 12.4 Å². The Morgan fingerprint density at radius 1 is 0.636 bits per heavy atom. The molecule has 6 aromatic rings. The molecule has 3 aromatic heterocycles. The van der Waals surface area contributed by atoms with E-state index in [1.807, 2.05) is 59.2 Å². The summed E-state index contributed by atoms with van der Waals surface area (Å²) in [5, 5.41) is 1.66. The molecule has 0 spiro atoms. The van der Waals surface area contributed by atoms with E-state index in [0.29, 0.717) is 17.0 Å². The minimum Gasteiger partial charge on any atom is -0.292 e. The van der Waals surface area contributed by atoms with Crippen LogP contribution in [0.4, 0.5) is 13.2 Å². The van der Waals surface area contributed by atoms with Gasteiger partial charge >= 0.3 is 6.18 Å². The minimum absolute atomic E-state index is 0.581. The highest BCUT2D eigenvalue weighted by Gasteiger charge is 2.30. The highest BCUT2D eigenvalue weighted by Crippen LogP contribution is 2.38. The van der Waals surface area contributed by atoms with Crippen LogP contribution >= 0.6 is 0 Å². The van der Waals surface area contributed by atoms with Gasteiger partial charge in [0, 0.05) is 34.4 Å². The molecule has 33 heavy (non-hydrogen) atoms. The number of nitrogens with zero attached hydrogens (tertiary/aromatic N) is 4. The highest BCUT2D eigenvalue weighted by atomic mass is 19.4. The second-order valence-electron chi connectivity index (χ2n) is 7.68. The van der Waals surface area contributed by atoms with Crippen molar-refractivity contribution in [2.45, 2.75) is 6.18 Å². The lowest BCUT2D eigenvalue weighted by molar-refractivity contribution is -0.137. The minimum atomic E-state index is -4.41. The van der Waals surface area contributed by atoms with Crippen LogP contribution in [0.1, 0.15) is 5.56 Å². The number of hydrogen-bond donors (Lipinski definition) is 0. The van der Waals surface area contributed by atoms with Crippen molar-refractivity contribution in [2.75, 3.05) is 0 Å². The van der Waals surface area contributed by atoms with E-state index < -0.39 is 11.7 Å². The van der Waals surface area contributed by atoms with Gasteiger partial charge in [-0.25, -0.2) is 4.98 Å². The molecule has 0 fully saturated rings. The fraction of sp³-hybridized carbons (Fsp3) is 0.0385. The van der Waals surface area contributed by atoms with Crippen LogP contribution in [0.3, 0.4) is 0 Å². The molecule has 0 bridgehead atoms. The van der Waals surface area contributed by atoms with Crippen LogP contribution in [0.5, 0.6) is 0 Å². The maximum atomic E-state index is 13.2. The number of alkyl halides is 3. The van der Waals surface area contributed by atoms with Crippen molar-refractivity contribution in [3.63, 3.8) is 0 Å². The van der Waals surface area contributed by atoms with E-state index in [-0.39, 0.29) is 0 Å². The summed E-state index contributed by atoms with van der Waals surface area (Å²) in [6.07, 6.45) is -0.983. The third-order valence-electron chi connectivity index (χ3n) is 5.71. The quantitative estimate of drug-likeness (QED) is 0.278. The second-order valence-corrected chi connectivity index (χ2v) is 7.68. The Kier molecular flexibility index (Phi) is 4.20. The third-order valence-corrected chi connectivity index (χ3v) is 5.71. The molecule has 7 heteroatoms. The van der Waals surface area contributed by atoms with Crippen molar-refractivity contribution in [3.05, 3.63) is 96.8 Å². The summed E-state index contributed by atoms with van der Waals surface area (Å²) in [5.41, 5.74) is 3.68. The molecule has 0 radical (unpaired) electrons. The summed E-state index contributed by atoms with van der Waals surface area (Å²) in [6.45, 7) is 0. The van der Waals surface area contributed by atoms with Gasteiger partial charge in [-0.15, -0.1) is 0 Å².